The number of methoxy groups -OCH3 is 1. The lowest BCUT2D eigenvalue weighted by atomic mass is 10.1. The highest BCUT2D eigenvalue weighted by Crippen LogP contribution is 2.29. The number of carbonyl (C=O) groups is 1. The number of hydrogen-bond acceptors (Lipinski definition) is 4. The molecular formula is C11H11F3N2O4. The molecule has 0 aliphatic rings. The number of ether oxygens (including phenoxy) is 1. The molecular weight excluding hydrogens is 281 g/mol. The SMILES string of the molecule is CCc1cc(OC)ccc1N(F)C(=O)C(F)(F)[N+](=O)[O-]. The van der Waals surface area contributed by atoms with Gasteiger partial charge in [-0.25, -0.2) is 0 Å². The average Bonchev–Trinajstić information content (AvgIpc) is 2.44. The molecule has 9 heteroatoms. The summed E-state index contributed by atoms with van der Waals surface area (Å²) >= 11 is 0. The Morgan fingerprint density at radius 1 is 1.50 bits per heavy atom. The van der Waals surface area contributed by atoms with Crippen LogP contribution >= 0.6 is 0 Å². The van der Waals surface area contributed by atoms with Gasteiger partial charge in [0.05, 0.1) is 12.8 Å². The Morgan fingerprint density at radius 3 is 2.55 bits per heavy atom. The molecule has 0 aromatic heterocycles. The molecule has 0 heterocycles. The summed E-state index contributed by atoms with van der Waals surface area (Å²) in [6.07, 6.45) is 0.213. The molecule has 1 aromatic carbocycles. The molecule has 0 bridgehead atoms. The van der Waals surface area contributed by atoms with Crippen molar-refractivity contribution in [2.75, 3.05) is 12.2 Å². The number of amides is 1. The van der Waals surface area contributed by atoms with Crippen molar-refractivity contribution in [3.63, 3.8) is 0 Å². The van der Waals surface area contributed by atoms with Crippen molar-refractivity contribution < 1.29 is 27.7 Å². The van der Waals surface area contributed by atoms with Gasteiger partial charge >= 0.3 is 12.0 Å². The molecule has 0 saturated carbocycles. The van der Waals surface area contributed by atoms with Gasteiger partial charge in [-0.3, -0.25) is 14.9 Å². The summed E-state index contributed by atoms with van der Waals surface area (Å²) in [7, 11) is 1.35. The van der Waals surface area contributed by atoms with Gasteiger partial charge in [-0.2, -0.15) is 0 Å². The Morgan fingerprint density at radius 2 is 2.10 bits per heavy atom. The van der Waals surface area contributed by atoms with Gasteiger partial charge in [0.25, 0.3) is 0 Å². The van der Waals surface area contributed by atoms with Gasteiger partial charge in [0.1, 0.15) is 10.7 Å². The fourth-order valence-corrected chi connectivity index (χ4v) is 1.47. The smallest absolute Gasteiger partial charge is 0.497 e. The van der Waals surface area contributed by atoms with Crippen LogP contribution < -0.4 is 9.86 Å². The number of alkyl halides is 2. The first-order chi connectivity index (χ1) is 9.25. The third-order valence-corrected chi connectivity index (χ3v) is 2.54. The van der Waals surface area contributed by atoms with E-state index in [4.69, 9.17) is 4.74 Å². The Bertz CT molecular complexity index is 536. The van der Waals surface area contributed by atoms with Gasteiger partial charge in [-0.05, 0) is 30.2 Å². The number of rotatable bonds is 5. The van der Waals surface area contributed by atoms with Crippen molar-refractivity contribution in [1.29, 1.82) is 0 Å². The van der Waals surface area contributed by atoms with E-state index in [-0.39, 0.29) is 12.0 Å². The third kappa shape index (κ3) is 2.81. The largest absolute Gasteiger partial charge is 0.596 e. The Labute approximate surface area is 111 Å². The first-order valence-corrected chi connectivity index (χ1v) is 5.45. The zero-order valence-corrected chi connectivity index (χ0v) is 10.6. The third-order valence-electron chi connectivity index (χ3n) is 2.54. The second kappa shape index (κ2) is 5.76. The maximum absolute atomic E-state index is 13.7. The highest BCUT2D eigenvalue weighted by molar-refractivity contribution is 5.95. The molecule has 110 valence electrons. The molecule has 1 aromatic rings. The molecule has 0 fully saturated rings. The van der Waals surface area contributed by atoms with E-state index >= 15 is 0 Å². The molecule has 0 aliphatic heterocycles. The molecule has 0 spiro atoms. The van der Waals surface area contributed by atoms with Crippen LogP contribution in [-0.4, -0.2) is 24.0 Å². The molecule has 6 nitrogen and oxygen atoms in total. The second-order valence-electron chi connectivity index (χ2n) is 3.73. The van der Waals surface area contributed by atoms with E-state index < -0.39 is 27.7 Å². The van der Waals surface area contributed by atoms with Crippen LogP contribution in [0.1, 0.15) is 12.5 Å². The van der Waals surface area contributed by atoms with Gasteiger partial charge in [-0.1, -0.05) is 11.4 Å². The lowest BCUT2D eigenvalue weighted by Crippen LogP contribution is -2.45. The molecule has 0 saturated heterocycles. The standard InChI is InChI=1S/C11H11F3N2O4/c1-3-7-6-8(20-2)4-5-9(7)15(14)10(17)11(12,13)16(18)19/h4-6H,3H2,1-2H3. The van der Waals surface area contributed by atoms with Crippen LogP contribution in [0.25, 0.3) is 0 Å². The van der Waals surface area contributed by atoms with Gasteiger partial charge in [0.15, 0.2) is 0 Å². The maximum atomic E-state index is 13.7. The summed E-state index contributed by atoms with van der Waals surface area (Å²) < 4.78 is 44.4. The van der Waals surface area contributed by atoms with E-state index in [1.807, 2.05) is 0 Å². The van der Waals surface area contributed by atoms with Crippen molar-refractivity contribution in [1.82, 2.24) is 0 Å². The fraction of sp³-hybridized carbons (Fsp3) is 0.364. The van der Waals surface area contributed by atoms with Crippen LogP contribution in [0.15, 0.2) is 18.2 Å². The lowest BCUT2D eigenvalue weighted by molar-refractivity contribution is -0.622. The average molecular weight is 292 g/mol. The molecule has 1 rings (SSSR count). The molecule has 0 aliphatic carbocycles. The zero-order chi connectivity index (χ0) is 15.5. The predicted octanol–water partition coefficient (Wildman–Crippen LogP) is 2.34. The summed E-state index contributed by atoms with van der Waals surface area (Å²) in [5.74, 6) is -2.21. The Balaban J connectivity index is 3.18. The number of nitro groups is 1. The first kappa shape index (κ1) is 15.7. The van der Waals surface area contributed by atoms with Gasteiger partial charge < -0.3 is 4.74 Å². The highest BCUT2D eigenvalue weighted by atomic mass is 19.3. The number of anilines is 1. The number of benzene rings is 1. The fourth-order valence-electron chi connectivity index (χ4n) is 1.47. The molecule has 20 heavy (non-hydrogen) atoms. The Kier molecular flexibility index (Phi) is 4.53. The van der Waals surface area contributed by atoms with E-state index in [0.717, 1.165) is 6.07 Å². The van der Waals surface area contributed by atoms with Crippen LogP contribution in [0, 0.1) is 10.1 Å². The highest BCUT2D eigenvalue weighted by Gasteiger charge is 2.57. The summed E-state index contributed by atoms with van der Waals surface area (Å²) in [6.45, 7) is 1.60. The molecule has 0 atom stereocenters. The minimum Gasteiger partial charge on any atom is -0.497 e. The number of hydrogen-bond donors (Lipinski definition) is 0. The summed E-state index contributed by atoms with van der Waals surface area (Å²) in [4.78, 5) is 19.1. The minimum atomic E-state index is -5.03. The van der Waals surface area contributed by atoms with Crippen molar-refractivity contribution in [3.8, 4) is 5.75 Å². The van der Waals surface area contributed by atoms with Gasteiger partial charge in [0, 0.05) is 0 Å². The van der Waals surface area contributed by atoms with E-state index in [1.54, 1.807) is 6.92 Å². The zero-order valence-electron chi connectivity index (χ0n) is 10.6. The summed E-state index contributed by atoms with van der Waals surface area (Å²) in [5, 5.41) is 9.16. The quantitative estimate of drug-likeness (QED) is 0.361. The van der Waals surface area contributed by atoms with Gasteiger partial charge in [-0.15, -0.1) is 13.9 Å². The summed E-state index contributed by atoms with van der Waals surface area (Å²) in [6, 6.07) is -1.40. The predicted molar refractivity (Wildman–Crippen MR) is 62.9 cm³/mol. The number of carbonyl (C=O) groups excluding carboxylic acids is 1. The molecule has 0 unspecified atom stereocenters. The van der Waals surface area contributed by atoms with Crippen molar-refractivity contribution in [2.45, 2.75) is 19.4 Å². The summed E-state index contributed by atoms with van der Waals surface area (Å²) in [5.41, 5.74) is -0.292. The number of halogens is 3. The lowest BCUT2D eigenvalue weighted by Gasteiger charge is -2.17. The van der Waals surface area contributed by atoms with Gasteiger partial charge in [0.2, 0.25) is 0 Å². The molecule has 1 amide bonds. The Hall–Kier alpha value is -2.32. The molecule has 0 radical (unpaired) electrons. The minimum absolute atomic E-state index is 0.194. The maximum Gasteiger partial charge on any atom is 0.596 e. The van der Waals surface area contributed by atoms with E-state index in [9.17, 15) is 28.2 Å². The number of aryl methyl sites for hydroxylation is 1. The van der Waals surface area contributed by atoms with E-state index in [2.05, 4.69) is 0 Å². The number of nitrogens with zero attached hydrogens (tertiary/aromatic N) is 2. The van der Waals surface area contributed by atoms with Crippen molar-refractivity contribution in [2.24, 2.45) is 0 Å². The first-order valence-electron chi connectivity index (χ1n) is 5.45. The topological polar surface area (TPSA) is 72.7 Å². The van der Waals surface area contributed by atoms with Crippen LogP contribution in [0.4, 0.5) is 18.9 Å². The van der Waals surface area contributed by atoms with Crippen LogP contribution in [0.2, 0.25) is 0 Å². The van der Waals surface area contributed by atoms with Crippen molar-refractivity contribution >= 4 is 11.6 Å². The van der Waals surface area contributed by atoms with Crippen LogP contribution in [0.3, 0.4) is 0 Å². The van der Waals surface area contributed by atoms with E-state index in [1.165, 1.54) is 19.2 Å². The van der Waals surface area contributed by atoms with E-state index in [0.29, 0.717) is 5.75 Å². The normalized spacial score (nSPS) is 11.1. The van der Waals surface area contributed by atoms with Crippen LogP contribution in [0.5, 0.6) is 5.75 Å². The van der Waals surface area contributed by atoms with Crippen LogP contribution in [-0.2, 0) is 11.2 Å². The second-order valence-corrected chi connectivity index (χ2v) is 3.73. The van der Waals surface area contributed by atoms with Crippen molar-refractivity contribution in [3.05, 3.63) is 33.9 Å². The monoisotopic (exact) mass is 292 g/mol. The molecule has 0 N–H and O–H groups in total.